The third-order valence-electron chi connectivity index (χ3n) is 1.83. The van der Waals surface area contributed by atoms with Crippen LogP contribution in [-0.4, -0.2) is 119 Å². The molecule has 0 aliphatic carbocycles. The van der Waals surface area contributed by atoms with Crippen LogP contribution in [0, 0.1) is 0 Å². The van der Waals surface area contributed by atoms with Crippen LogP contribution < -0.4 is 5.32 Å². The van der Waals surface area contributed by atoms with Crippen molar-refractivity contribution in [1.82, 2.24) is 10.2 Å². The molecule has 21 heavy (non-hydrogen) atoms. The van der Waals surface area contributed by atoms with Crippen LogP contribution in [-0.2, 0) is 0 Å². The molecule has 0 heterocycles. The zero-order valence-electron chi connectivity index (χ0n) is 12.2. The number of nitrogens with one attached hydrogen (secondary N) is 1. The molecule has 0 aliphatic heterocycles. The number of aliphatic hydroxyl groups excluding tert-OH is 5. The van der Waals surface area contributed by atoms with E-state index in [-0.39, 0.29) is 33.0 Å². The van der Waals surface area contributed by atoms with E-state index in [0.29, 0.717) is 32.7 Å². The standard InChI is InChI=1S/C6H15NO3.C4H11NO2.BH3O3/c8-4-1-7(2-5-9)3-6-10;6-3-1-5-2-4-7;2-1(3)4/h8-10H,1-6H2;5-7H,1-4H2;2-4H. The van der Waals surface area contributed by atoms with Crippen molar-refractivity contribution in [1.29, 1.82) is 0 Å². The van der Waals surface area contributed by atoms with Crippen molar-refractivity contribution in [3.8, 4) is 0 Å². The molecular weight excluding hydrogens is 287 g/mol. The second kappa shape index (κ2) is 24.7. The highest BCUT2D eigenvalue weighted by atomic mass is 16.5. The van der Waals surface area contributed by atoms with Crippen LogP contribution in [0.4, 0.5) is 0 Å². The average Bonchev–Trinajstić information content (AvgIpc) is 2.40. The summed E-state index contributed by atoms with van der Waals surface area (Å²) in [4.78, 5) is 1.79. The second-order valence-corrected chi connectivity index (χ2v) is 3.56. The fraction of sp³-hybridized carbons (Fsp3) is 1.00. The van der Waals surface area contributed by atoms with Crippen LogP contribution in [0.15, 0.2) is 0 Å². The third kappa shape index (κ3) is 38.3. The summed E-state index contributed by atoms with van der Waals surface area (Å²) in [5, 5.41) is 66.0. The summed E-state index contributed by atoms with van der Waals surface area (Å²) < 4.78 is 0. The molecule has 0 radical (unpaired) electrons. The number of hydrogen-bond acceptors (Lipinski definition) is 10. The van der Waals surface area contributed by atoms with E-state index in [4.69, 9.17) is 40.6 Å². The zero-order chi connectivity index (χ0) is 16.9. The lowest BCUT2D eigenvalue weighted by Gasteiger charge is -2.17. The van der Waals surface area contributed by atoms with Crippen LogP contribution in [0.5, 0.6) is 0 Å². The molecule has 10 nitrogen and oxygen atoms in total. The SMILES string of the molecule is OB(O)O.OCCN(CCO)CCO.OCCNCCO. The van der Waals surface area contributed by atoms with Crippen molar-refractivity contribution in [3.63, 3.8) is 0 Å². The molecule has 0 saturated heterocycles. The Labute approximate surface area is 125 Å². The molecule has 0 aromatic rings. The summed E-state index contributed by atoms with van der Waals surface area (Å²) in [7, 11) is -2.17. The molecule has 0 aromatic carbocycles. The van der Waals surface area contributed by atoms with E-state index in [9.17, 15) is 0 Å². The summed E-state index contributed by atoms with van der Waals surface area (Å²) >= 11 is 0. The molecule has 0 rings (SSSR count). The predicted octanol–water partition coefficient (Wildman–Crippen LogP) is -5.23. The zero-order valence-corrected chi connectivity index (χ0v) is 12.2. The highest BCUT2D eigenvalue weighted by Crippen LogP contribution is 1.84. The van der Waals surface area contributed by atoms with E-state index in [0.717, 1.165) is 0 Å². The van der Waals surface area contributed by atoms with Crippen LogP contribution in [0.1, 0.15) is 0 Å². The first-order valence-corrected chi connectivity index (χ1v) is 6.51. The van der Waals surface area contributed by atoms with Crippen LogP contribution in [0.2, 0.25) is 0 Å². The molecule has 0 fully saturated rings. The quantitative estimate of drug-likeness (QED) is 0.140. The summed E-state index contributed by atoms with van der Waals surface area (Å²) in [6.45, 7) is 3.17. The van der Waals surface area contributed by atoms with Gasteiger partial charge < -0.3 is 45.9 Å². The Hall–Kier alpha value is -0.335. The summed E-state index contributed by atoms with van der Waals surface area (Å²) in [6, 6.07) is 0. The van der Waals surface area contributed by atoms with Gasteiger partial charge in [-0.3, -0.25) is 4.90 Å². The highest BCUT2D eigenvalue weighted by molar-refractivity contribution is 6.30. The summed E-state index contributed by atoms with van der Waals surface area (Å²) in [5.74, 6) is 0. The Kier molecular flexibility index (Phi) is 30.1. The molecule has 130 valence electrons. The molecule has 0 amide bonds. The molecule has 0 atom stereocenters. The van der Waals surface area contributed by atoms with Gasteiger partial charge in [0.15, 0.2) is 0 Å². The van der Waals surface area contributed by atoms with E-state index in [1.54, 1.807) is 4.90 Å². The molecule has 0 spiro atoms. The number of hydrogen-bond donors (Lipinski definition) is 9. The van der Waals surface area contributed by atoms with Crippen LogP contribution in [0.25, 0.3) is 0 Å². The van der Waals surface area contributed by atoms with Gasteiger partial charge in [0.05, 0.1) is 33.0 Å². The van der Waals surface area contributed by atoms with Crippen molar-refractivity contribution in [2.45, 2.75) is 0 Å². The van der Waals surface area contributed by atoms with E-state index >= 15 is 0 Å². The monoisotopic (exact) mass is 316 g/mol. The Morgan fingerprint density at radius 2 is 0.905 bits per heavy atom. The first-order chi connectivity index (χ1) is 9.99. The minimum atomic E-state index is -2.17. The molecule has 0 aromatic heterocycles. The van der Waals surface area contributed by atoms with Gasteiger partial charge in [-0.2, -0.15) is 0 Å². The van der Waals surface area contributed by atoms with Gasteiger partial charge in [-0.15, -0.1) is 0 Å². The maximum absolute atomic E-state index is 8.48. The topological polar surface area (TPSA) is 177 Å². The molecule has 11 heteroatoms. The number of aliphatic hydroxyl groups is 5. The average molecular weight is 316 g/mol. The van der Waals surface area contributed by atoms with Gasteiger partial charge >= 0.3 is 7.32 Å². The van der Waals surface area contributed by atoms with E-state index in [1.807, 2.05) is 0 Å². The van der Waals surface area contributed by atoms with Gasteiger partial charge in [-0.1, -0.05) is 0 Å². The van der Waals surface area contributed by atoms with Crippen molar-refractivity contribution in [3.05, 3.63) is 0 Å². The minimum absolute atomic E-state index is 0.0694. The Bertz CT molecular complexity index is 149. The van der Waals surface area contributed by atoms with Crippen molar-refractivity contribution in [2.75, 3.05) is 65.8 Å². The molecule has 0 bridgehead atoms. The number of rotatable bonds is 10. The molecule has 0 aliphatic rings. The van der Waals surface area contributed by atoms with Gasteiger partial charge in [0.1, 0.15) is 0 Å². The lowest BCUT2D eigenvalue weighted by atomic mass is 10.3. The first-order valence-electron chi connectivity index (χ1n) is 6.51. The normalized spacial score (nSPS) is 9.57. The second-order valence-electron chi connectivity index (χ2n) is 3.56. The van der Waals surface area contributed by atoms with Crippen molar-refractivity contribution >= 4 is 7.32 Å². The first kappa shape index (κ1) is 25.6. The van der Waals surface area contributed by atoms with Gasteiger partial charge in [-0.05, 0) is 0 Å². The largest absolute Gasteiger partial charge is 0.631 e. The van der Waals surface area contributed by atoms with Crippen LogP contribution >= 0.6 is 0 Å². The van der Waals surface area contributed by atoms with E-state index in [2.05, 4.69) is 5.32 Å². The fourth-order valence-electron chi connectivity index (χ4n) is 1.04. The lowest BCUT2D eigenvalue weighted by molar-refractivity contribution is 0.136. The van der Waals surface area contributed by atoms with E-state index < -0.39 is 7.32 Å². The predicted molar refractivity (Wildman–Crippen MR) is 77.1 cm³/mol. The van der Waals surface area contributed by atoms with Gasteiger partial charge in [-0.25, -0.2) is 0 Å². The third-order valence-corrected chi connectivity index (χ3v) is 1.83. The molecular formula is C10H29BN2O8. The molecule has 9 N–H and O–H groups in total. The fourth-order valence-corrected chi connectivity index (χ4v) is 1.04. The molecule has 0 unspecified atom stereocenters. The maximum Gasteiger partial charge on any atom is 0.631 e. The van der Waals surface area contributed by atoms with Gasteiger partial charge in [0, 0.05) is 32.7 Å². The molecule has 0 saturated carbocycles. The lowest BCUT2D eigenvalue weighted by Crippen LogP contribution is -2.32. The highest BCUT2D eigenvalue weighted by Gasteiger charge is 2.00. The summed E-state index contributed by atoms with van der Waals surface area (Å²) in [5.41, 5.74) is 0. The Morgan fingerprint density at radius 3 is 1.10 bits per heavy atom. The summed E-state index contributed by atoms with van der Waals surface area (Å²) in [6.07, 6.45) is 0. The van der Waals surface area contributed by atoms with E-state index in [1.165, 1.54) is 0 Å². The van der Waals surface area contributed by atoms with Crippen molar-refractivity contribution < 1.29 is 40.6 Å². The van der Waals surface area contributed by atoms with Gasteiger partial charge in [0.2, 0.25) is 0 Å². The van der Waals surface area contributed by atoms with Crippen molar-refractivity contribution in [2.24, 2.45) is 0 Å². The van der Waals surface area contributed by atoms with Gasteiger partial charge in [0.25, 0.3) is 0 Å². The number of nitrogens with zero attached hydrogens (tertiary/aromatic N) is 1. The smallest absolute Gasteiger partial charge is 0.402 e. The maximum atomic E-state index is 8.48. The minimum Gasteiger partial charge on any atom is -0.402 e. The Balaban J connectivity index is -0.000000256. The Morgan fingerprint density at radius 1 is 0.619 bits per heavy atom. The van der Waals surface area contributed by atoms with Crippen LogP contribution in [0.3, 0.4) is 0 Å².